The third-order valence-electron chi connectivity index (χ3n) is 10.2. The van der Waals surface area contributed by atoms with Crippen LogP contribution in [-0.4, -0.2) is 31.6 Å². The highest BCUT2D eigenvalue weighted by molar-refractivity contribution is 6.74. The monoisotopic (exact) mass is 615 g/mol. The van der Waals surface area contributed by atoms with Gasteiger partial charge in [0, 0.05) is 41.9 Å². The van der Waals surface area contributed by atoms with Crippen LogP contribution in [0, 0.1) is 5.41 Å². The number of rotatable bonds is 6. The van der Waals surface area contributed by atoms with Crippen LogP contribution in [0.3, 0.4) is 0 Å². The van der Waals surface area contributed by atoms with E-state index in [1.165, 1.54) is 12.1 Å². The fourth-order valence-corrected chi connectivity index (χ4v) is 8.09. The third-order valence-corrected chi connectivity index (χ3v) is 14.7. The SMILES string of the molecule is CC1(C)Cc2nc(C3CCOCC3)c([C@H](O)c3ccc(C(F)(F)F)cc3)c(C3C=CCC3)c2C(O[Si](C)(C)C(C)(C)C)C1. The number of allylic oxidation sites excluding steroid dienone is 2. The molecule has 0 radical (unpaired) electrons. The molecular weight excluding hydrogens is 567 g/mol. The van der Waals surface area contributed by atoms with Crippen LogP contribution < -0.4 is 0 Å². The largest absolute Gasteiger partial charge is 0.416 e. The van der Waals surface area contributed by atoms with E-state index >= 15 is 0 Å². The fourth-order valence-electron chi connectivity index (χ4n) is 6.82. The summed E-state index contributed by atoms with van der Waals surface area (Å²) in [4.78, 5) is 5.43. The smallest absolute Gasteiger partial charge is 0.410 e. The lowest BCUT2D eigenvalue weighted by Gasteiger charge is -2.46. The molecule has 2 aromatic rings. The molecule has 0 spiro atoms. The van der Waals surface area contributed by atoms with Gasteiger partial charge in [-0.25, -0.2) is 0 Å². The van der Waals surface area contributed by atoms with E-state index in [0.29, 0.717) is 18.8 Å². The molecule has 1 saturated heterocycles. The Labute approximate surface area is 256 Å². The van der Waals surface area contributed by atoms with Crippen LogP contribution in [0.5, 0.6) is 0 Å². The van der Waals surface area contributed by atoms with E-state index in [0.717, 1.165) is 78.7 Å². The second-order valence-electron chi connectivity index (χ2n) is 15.1. The number of fused-ring (bicyclic) bond motifs is 1. The second kappa shape index (κ2) is 11.7. The summed E-state index contributed by atoms with van der Waals surface area (Å²) < 4.78 is 53.2. The lowest BCUT2D eigenvalue weighted by Crippen LogP contribution is -2.44. The van der Waals surface area contributed by atoms with Crippen LogP contribution in [0.1, 0.15) is 130 Å². The molecule has 4 nitrogen and oxygen atoms in total. The van der Waals surface area contributed by atoms with Crippen LogP contribution in [0.4, 0.5) is 13.2 Å². The van der Waals surface area contributed by atoms with Crippen molar-refractivity contribution in [2.24, 2.45) is 5.41 Å². The molecule has 3 aliphatic rings. The summed E-state index contributed by atoms with van der Waals surface area (Å²) in [5.41, 5.74) is 4.62. The van der Waals surface area contributed by atoms with Crippen LogP contribution in [0.15, 0.2) is 36.4 Å². The summed E-state index contributed by atoms with van der Waals surface area (Å²) in [6.45, 7) is 17.1. The van der Waals surface area contributed by atoms with Gasteiger partial charge in [0.15, 0.2) is 8.32 Å². The molecule has 3 atom stereocenters. The number of aromatic nitrogens is 1. The molecule has 2 unspecified atom stereocenters. The molecule has 1 fully saturated rings. The van der Waals surface area contributed by atoms with Gasteiger partial charge in [0.2, 0.25) is 0 Å². The fraction of sp³-hybridized carbons (Fsp3) is 0.629. The third kappa shape index (κ3) is 6.68. The quantitative estimate of drug-likeness (QED) is 0.260. The van der Waals surface area contributed by atoms with Crippen molar-refractivity contribution in [1.29, 1.82) is 0 Å². The number of nitrogens with zero attached hydrogens (tertiary/aromatic N) is 1. The van der Waals surface area contributed by atoms with Gasteiger partial charge in [-0.2, -0.15) is 13.2 Å². The van der Waals surface area contributed by atoms with Crippen molar-refractivity contribution >= 4 is 8.32 Å². The zero-order valence-corrected chi connectivity index (χ0v) is 27.8. The molecule has 236 valence electrons. The molecule has 43 heavy (non-hydrogen) atoms. The van der Waals surface area contributed by atoms with Gasteiger partial charge in [-0.15, -0.1) is 0 Å². The molecule has 0 amide bonds. The molecule has 1 aliphatic heterocycles. The molecule has 1 aromatic heterocycles. The maximum absolute atomic E-state index is 13.4. The summed E-state index contributed by atoms with van der Waals surface area (Å²) >= 11 is 0. The van der Waals surface area contributed by atoms with Crippen molar-refractivity contribution in [2.75, 3.05) is 13.2 Å². The Hall–Kier alpha value is -2.00. The van der Waals surface area contributed by atoms with Crippen LogP contribution in [0.25, 0.3) is 0 Å². The predicted molar refractivity (Wildman–Crippen MR) is 167 cm³/mol. The number of aliphatic hydroxyl groups is 1. The van der Waals surface area contributed by atoms with Gasteiger partial charge < -0.3 is 14.3 Å². The number of aliphatic hydroxyl groups excluding tert-OH is 1. The predicted octanol–water partition coefficient (Wildman–Crippen LogP) is 9.54. The Morgan fingerprint density at radius 2 is 1.67 bits per heavy atom. The van der Waals surface area contributed by atoms with E-state index in [9.17, 15) is 18.3 Å². The normalized spacial score (nSPS) is 23.8. The molecule has 5 rings (SSSR count). The molecule has 1 N–H and O–H groups in total. The van der Waals surface area contributed by atoms with Crippen LogP contribution in [-0.2, 0) is 21.8 Å². The first-order chi connectivity index (χ1) is 20.0. The average Bonchev–Trinajstić information content (AvgIpc) is 3.45. The summed E-state index contributed by atoms with van der Waals surface area (Å²) in [5, 5.41) is 12.2. The van der Waals surface area contributed by atoms with E-state index in [1.807, 2.05) is 0 Å². The molecule has 0 saturated carbocycles. The van der Waals surface area contributed by atoms with Gasteiger partial charge in [0.05, 0.1) is 17.4 Å². The first-order valence-corrected chi connectivity index (χ1v) is 18.7. The van der Waals surface area contributed by atoms with Gasteiger partial charge in [-0.05, 0) is 85.3 Å². The Morgan fingerprint density at radius 1 is 1.02 bits per heavy atom. The highest BCUT2D eigenvalue weighted by Crippen LogP contribution is 2.53. The number of alkyl halides is 3. The zero-order valence-electron chi connectivity index (χ0n) is 26.8. The highest BCUT2D eigenvalue weighted by atomic mass is 28.4. The molecular formula is C35H48F3NO3Si. The first kappa shape index (κ1) is 32.4. The topological polar surface area (TPSA) is 51.6 Å². The van der Waals surface area contributed by atoms with Crippen molar-refractivity contribution in [3.8, 4) is 0 Å². The van der Waals surface area contributed by atoms with Gasteiger partial charge >= 0.3 is 6.18 Å². The van der Waals surface area contributed by atoms with Crippen molar-refractivity contribution in [2.45, 2.75) is 121 Å². The lowest BCUT2D eigenvalue weighted by atomic mass is 9.70. The van der Waals surface area contributed by atoms with Gasteiger partial charge in [-0.3, -0.25) is 4.98 Å². The van der Waals surface area contributed by atoms with Gasteiger partial charge in [-0.1, -0.05) is 58.9 Å². The Kier molecular flexibility index (Phi) is 8.84. The van der Waals surface area contributed by atoms with Crippen molar-refractivity contribution in [3.63, 3.8) is 0 Å². The van der Waals surface area contributed by atoms with E-state index in [4.69, 9.17) is 14.1 Å². The molecule has 2 heterocycles. The number of hydrogen-bond acceptors (Lipinski definition) is 4. The number of halogens is 3. The zero-order chi connectivity index (χ0) is 31.4. The summed E-state index contributed by atoms with van der Waals surface area (Å²) in [5.74, 6) is 0.188. The number of hydrogen-bond donors (Lipinski definition) is 1. The van der Waals surface area contributed by atoms with Crippen LogP contribution >= 0.6 is 0 Å². The average molecular weight is 616 g/mol. The van der Waals surface area contributed by atoms with E-state index in [2.05, 4.69) is 59.9 Å². The second-order valence-corrected chi connectivity index (χ2v) is 19.9. The molecule has 2 aliphatic carbocycles. The Bertz CT molecular complexity index is 1340. The van der Waals surface area contributed by atoms with E-state index in [-0.39, 0.29) is 28.4 Å². The molecule has 0 bridgehead atoms. The highest BCUT2D eigenvalue weighted by Gasteiger charge is 2.46. The Morgan fingerprint density at radius 3 is 2.23 bits per heavy atom. The van der Waals surface area contributed by atoms with E-state index in [1.54, 1.807) is 0 Å². The minimum atomic E-state index is -4.44. The maximum atomic E-state index is 13.4. The standard InChI is InChI=1S/C35H48F3NO3Si/c1-33(2,3)43(6,7)42-27-21-34(4,5)20-26-29(27)28(22-10-8-9-11-22)30(31(39-26)23-16-18-41-19-17-23)32(40)24-12-14-25(15-13-24)35(36,37)38/h8,10,12-15,22-23,27,32,40H,9,11,16-21H2,1-7H3/t22?,27?,32-/m1/s1. The summed E-state index contributed by atoms with van der Waals surface area (Å²) in [7, 11) is -2.20. The van der Waals surface area contributed by atoms with Crippen molar-refractivity contribution in [3.05, 3.63) is 75.6 Å². The summed E-state index contributed by atoms with van der Waals surface area (Å²) in [6, 6.07) is 4.97. The minimum Gasteiger partial charge on any atom is -0.410 e. The van der Waals surface area contributed by atoms with Crippen molar-refractivity contribution < 1.29 is 27.4 Å². The first-order valence-electron chi connectivity index (χ1n) is 15.8. The molecule has 1 aromatic carbocycles. The number of benzene rings is 1. The summed E-state index contributed by atoms with van der Waals surface area (Å²) in [6.07, 6.45) is 3.87. The number of ether oxygens (including phenoxy) is 1. The lowest BCUT2D eigenvalue weighted by molar-refractivity contribution is -0.137. The minimum absolute atomic E-state index is 0.0141. The van der Waals surface area contributed by atoms with Crippen molar-refractivity contribution in [1.82, 2.24) is 4.98 Å². The van der Waals surface area contributed by atoms with Gasteiger partial charge in [0.25, 0.3) is 0 Å². The molecule has 8 heteroatoms. The van der Waals surface area contributed by atoms with Gasteiger partial charge in [0.1, 0.15) is 6.10 Å². The van der Waals surface area contributed by atoms with Crippen LogP contribution in [0.2, 0.25) is 18.1 Å². The maximum Gasteiger partial charge on any atom is 0.416 e. The Balaban J connectivity index is 1.76. The number of pyridine rings is 1. The van der Waals surface area contributed by atoms with E-state index < -0.39 is 26.2 Å².